The normalized spacial score (nSPS) is 19.3. The standard InChI is InChI=1S/C30H50O4/c1-20(14-10-16-22(3)26(7)31)12-9-13-21(2)15-11-18-30(8,34)19-17-27-25(6)28(32)23(4)24(5)29(27)33/h20-22,34H,9-19H2,1-8H3/t20-,21+,22?,30+/m0/s1. The van der Waals surface area contributed by atoms with Crippen LogP contribution in [0.3, 0.4) is 0 Å². The molecule has 0 aromatic rings. The van der Waals surface area contributed by atoms with Crippen molar-refractivity contribution in [2.45, 2.75) is 132 Å². The van der Waals surface area contributed by atoms with E-state index in [1.807, 2.05) is 13.8 Å². The molecule has 34 heavy (non-hydrogen) atoms. The van der Waals surface area contributed by atoms with Crippen LogP contribution in [0.2, 0.25) is 0 Å². The first kappa shape index (κ1) is 30.5. The van der Waals surface area contributed by atoms with E-state index in [0.717, 1.165) is 25.7 Å². The van der Waals surface area contributed by atoms with Crippen LogP contribution in [0.1, 0.15) is 126 Å². The van der Waals surface area contributed by atoms with Gasteiger partial charge in [-0.3, -0.25) is 14.4 Å². The van der Waals surface area contributed by atoms with Crippen LogP contribution >= 0.6 is 0 Å². The van der Waals surface area contributed by atoms with Gasteiger partial charge in [-0.05, 0) is 72.1 Å². The van der Waals surface area contributed by atoms with Crippen LogP contribution in [0.4, 0.5) is 0 Å². The monoisotopic (exact) mass is 474 g/mol. The highest BCUT2D eigenvalue weighted by atomic mass is 16.3. The summed E-state index contributed by atoms with van der Waals surface area (Å²) in [5, 5.41) is 10.9. The molecule has 0 saturated heterocycles. The number of hydrogen-bond acceptors (Lipinski definition) is 4. The smallest absolute Gasteiger partial charge is 0.185 e. The molecule has 1 aliphatic carbocycles. The third-order valence-corrected chi connectivity index (χ3v) is 8.06. The molecule has 0 radical (unpaired) electrons. The van der Waals surface area contributed by atoms with E-state index in [1.165, 1.54) is 25.7 Å². The van der Waals surface area contributed by atoms with Crippen molar-refractivity contribution in [1.29, 1.82) is 0 Å². The lowest BCUT2D eigenvalue weighted by Crippen LogP contribution is -2.27. The van der Waals surface area contributed by atoms with Gasteiger partial charge in [0.25, 0.3) is 0 Å². The average Bonchev–Trinajstić information content (AvgIpc) is 2.76. The Balaban J connectivity index is 2.30. The van der Waals surface area contributed by atoms with E-state index >= 15 is 0 Å². The number of ketones is 3. The first-order valence-corrected chi connectivity index (χ1v) is 13.5. The number of allylic oxidation sites excluding steroid dienone is 4. The van der Waals surface area contributed by atoms with Crippen LogP contribution in [0.25, 0.3) is 0 Å². The second-order valence-electron chi connectivity index (χ2n) is 11.5. The molecule has 0 bridgehead atoms. The van der Waals surface area contributed by atoms with Crippen molar-refractivity contribution < 1.29 is 19.5 Å². The number of carbonyl (C=O) groups is 3. The molecule has 0 aromatic heterocycles. The number of hydrogen-bond donors (Lipinski definition) is 1. The molecule has 1 N–H and O–H groups in total. The quantitative estimate of drug-likeness (QED) is 0.238. The third-order valence-electron chi connectivity index (χ3n) is 8.06. The van der Waals surface area contributed by atoms with Gasteiger partial charge in [-0.1, -0.05) is 65.7 Å². The Morgan fingerprint density at radius 2 is 1.24 bits per heavy atom. The predicted molar refractivity (Wildman–Crippen MR) is 141 cm³/mol. The van der Waals surface area contributed by atoms with Crippen LogP contribution < -0.4 is 0 Å². The van der Waals surface area contributed by atoms with Gasteiger partial charge in [0.1, 0.15) is 5.78 Å². The summed E-state index contributed by atoms with van der Waals surface area (Å²) in [7, 11) is 0. The molecule has 4 atom stereocenters. The van der Waals surface area contributed by atoms with E-state index in [4.69, 9.17) is 0 Å². The predicted octanol–water partition coefficient (Wildman–Crippen LogP) is 7.33. The summed E-state index contributed by atoms with van der Waals surface area (Å²) in [6.07, 6.45) is 10.8. The number of aliphatic hydroxyl groups is 1. The Labute approximate surface area is 208 Å². The van der Waals surface area contributed by atoms with Gasteiger partial charge < -0.3 is 5.11 Å². The molecule has 1 unspecified atom stereocenters. The fraction of sp³-hybridized carbons (Fsp3) is 0.767. The van der Waals surface area contributed by atoms with Gasteiger partial charge in [0, 0.05) is 28.2 Å². The van der Waals surface area contributed by atoms with Crippen molar-refractivity contribution in [2.75, 3.05) is 0 Å². The summed E-state index contributed by atoms with van der Waals surface area (Å²) in [6, 6.07) is 0. The van der Waals surface area contributed by atoms with Gasteiger partial charge in [-0.15, -0.1) is 0 Å². The Bertz CT molecular complexity index is 784. The van der Waals surface area contributed by atoms with Crippen LogP contribution in [-0.4, -0.2) is 28.1 Å². The lowest BCUT2D eigenvalue weighted by molar-refractivity contribution is -0.120. The molecule has 0 saturated carbocycles. The summed E-state index contributed by atoms with van der Waals surface area (Å²) in [6.45, 7) is 15.3. The van der Waals surface area contributed by atoms with Crippen molar-refractivity contribution >= 4 is 17.3 Å². The molecule has 0 amide bonds. The van der Waals surface area contributed by atoms with Crippen molar-refractivity contribution in [3.05, 3.63) is 22.3 Å². The Morgan fingerprint density at radius 3 is 1.76 bits per heavy atom. The van der Waals surface area contributed by atoms with Gasteiger partial charge in [0.2, 0.25) is 0 Å². The molecule has 1 aliphatic rings. The minimum absolute atomic E-state index is 0.0402. The molecular formula is C30H50O4. The van der Waals surface area contributed by atoms with Crippen molar-refractivity contribution in [3.63, 3.8) is 0 Å². The van der Waals surface area contributed by atoms with E-state index in [9.17, 15) is 19.5 Å². The van der Waals surface area contributed by atoms with Gasteiger partial charge >= 0.3 is 0 Å². The van der Waals surface area contributed by atoms with Crippen molar-refractivity contribution in [1.82, 2.24) is 0 Å². The van der Waals surface area contributed by atoms with Crippen LogP contribution in [0.5, 0.6) is 0 Å². The SMILES string of the molecule is CC(=O)C(C)CCC[C@@H](C)CCC[C@@H](C)CCC[C@@](C)(O)CCC1=C(C)C(=O)C(C)=C(C)C1=O. The highest BCUT2D eigenvalue weighted by Gasteiger charge is 2.29. The van der Waals surface area contributed by atoms with Crippen molar-refractivity contribution in [2.24, 2.45) is 17.8 Å². The summed E-state index contributed by atoms with van der Waals surface area (Å²) in [5.74, 6) is 1.76. The van der Waals surface area contributed by atoms with E-state index in [2.05, 4.69) is 13.8 Å². The van der Waals surface area contributed by atoms with Gasteiger partial charge in [-0.2, -0.15) is 0 Å². The highest BCUT2D eigenvalue weighted by molar-refractivity contribution is 6.24. The minimum Gasteiger partial charge on any atom is -0.390 e. The zero-order chi connectivity index (χ0) is 26.1. The van der Waals surface area contributed by atoms with Gasteiger partial charge in [-0.25, -0.2) is 0 Å². The second-order valence-corrected chi connectivity index (χ2v) is 11.5. The molecule has 0 aliphatic heterocycles. The largest absolute Gasteiger partial charge is 0.390 e. The summed E-state index contributed by atoms with van der Waals surface area (Å²) < 4.78 is 0. The van der Waals surface area contributed by atoms with Crippen molar-refractivity contribution in [3.8, 4) is 0 Å². The maximum absolute atomic E-state index is 12.6. The summed E-state index contributed by atoms with van der Waals surface area (Å²) >= 11 is 0. The number of Topliss-reactive ketones (excluding diaryl/α,β-unsaturated/α-hetero) is 3. The van der Waals surface area contributed by atoms with E-state index in [0.29, 0.717) is 59.2 Å². The molecule has 0 aromatic carbocycles. The Hall–Kier alpha value is -1.55. The number of carbonyl (C=O) groups excluding carboxylic acids is 3. The fourth-order valence-electron chi connectivity index (χ4n) is 4.89. The minimum atomic E-state index is -0.827. The fourth-order valence-corrected chi connectivity index (χ4v) is 4.89. The van der Waals surface area contributed by atoms with E-state index in [-0.39, 0.29) is 17.5 Å². The Morgan fingerprint density at radius 1 is 0.765 bits per heavy atom. The lowest BCUT2D eigenvalue weighted by atomic mass is 9.81. The molecule has 0 spiro atoms. The van der Waals surface area contributed by atoms with Gasteiger partial charge in [0.05, 0.1) is 5.60 Å². The maximum Gasteiger partial charge on any atom is 0.185 e. The van der Waals surface area contributed by atoms with E-state index in [1.54, 1.807) is 27.7 Å². The molecule has 4 heteroatoms. The van der Waals surface area contributed by atoms with Crippen LogP contribution in [-0.2, 0) is 14.4 Å². The topological polar surface area (TPSA) is 71.4 Å². The molecule has 4 nitrogen and oxygen atoms in total. The molecular weight excluding hydrogens is 424 g/mol. The second kappa shape index (κ2) is 14.1. The average molecular weight is 475 g/mol. The molecule has 1 rings (SSSR count). The molecule has 194 valence electrons. The lowest BCUT2D eigenvalue weighted by Gasteiger charge is -2.26. The highest BCUT2D eigenvalue weighted by Crippen LogP contribution is 2.31. The Kier molecular flexibility index (Phi) is 12.7. The molecule has 0 heterocycles. The number of rotatable bonds is 16. The first-order chi connectivity index (χ1) is 15.8. The zero-order valence-corrected chi connectivity index (χ0v) is 23.2. The summed E-state index contributed by atoms with van der Waals surface area (Å²) in [4.78, 5) is 36.3. The van der Waals surface area contributed by atoms with E-state index < -0.39 is 5.60 Å². The third kappa shape index (κ3) is 9.98. The molecule has 0 fully saturated rings. The summed E-state index contributed by atoms with van der Waals surface area (Å²) in [5.41, 5.74) is 1.38. The first-order valence-electron chi connectivity index (χ1n) is 13.5. The maximum atomic E-state index is 12.6. The van der Waals surface area contributed by atoms with Gasteiger partial charge in [0.15, 0.2) is 11.6 Å². The van der Waals surface area contributed by atoms with Crippen LogP contribution in [0.15, 0.2) is 22.3 Å². The zero-order valence-electron chi connectivity index (χ0n) is 23.2. The van der Waals surface area contributed by atoms with Crippen LogP contribution in [0, 0.1) is 17.8 Å².